The van der Waals surface area contributed by atoms with Crippen molar-refractivity contribution in [3.05, 3.63) is 29.3 Å². The van der Waals surface area contributed by atoms with Gasteiger partial charge in [-0.2, -0.15) is 0 Å². The molecule has 3 N–H and O–H groups in total. The summed E-state index contributed by atoms with van der Waals surface area (Å²) in [7, 11) is 1.54. The number of allylic oxidation sites excluding steroid dienone is 2. The zero-order valence-corrected chi connectivity index (χ0v) is 23.5. The highest BCUT2D eigenvalue weighted by Gasteiger charge is 2.49. The molecule has 0 spiro atoms. The van der Waals surface area contributed by atoms with Crippen LogP contribution in [-0.4, -0.2) is 73.3 Å². The number of hydrogen-bond acceptors (Lipinski definition) is 8. The maximum absolute atomic E-state index is 13.3. The Morgan fingerprint density at radius 1 is 1.29 bits per heavy atom. The lowest BCUT2D eigenvalue weighted by Crippen LogP contribution is -2.46. The summed E-state index contributed by atoms with van der Waals surface area (Å²) in [5, 5.41) is 11.8. The number of hydrogen-bond donors (Lipinski definition) is 2. The first-order chi connectivity index (χ1) is 18.0. The number of carboxylic acid groups (broad SMARTS) is 1. The predicted molar refractivity (Wildman–Crippen MR) is 143 cm³/mol. The Kier molecular flexibility index (Phi) is 10.0. The van der Waals surface area contributed by atoms with E-state index < -0.39 is 23.8 Å². The molecular weight excluding hydrogens is 490 g/mol. The highest BCUT2D eigenvalue weighted by Crippen LogP contribution is 2.48. The van der Waals surface area contributed by atoms with Crippen LogP contribution >= 0.6 is 0 Å². The van der Waals surface area contributed by atoms with Crippen molar-refractivity contribution in [2.45, 2.75) is 65.8 Å². The summed E-state index contributed by atoms with van der Waals surface area (Å²) in [6.07, 6.45) is 4.40. The molecule has 0 aromatic heterocycles. The van der Waals surface area contributed by atoms with Gasteiger partial charge in [0.2, 0.25) is 12.5 Å². The molecule has 0 aliphatic carbocycles. The first-order valence-electron chi connectivity index (χ1n) is 13.2. The van der Waals surface area contributed by atoms with E-state index in [-0.39, 0.29) is 31.4 Å². The zero-order valence-electron chi connectivity index (χ0n) is 23.5. The van der Waals surface area contributed by atoms with Crippen LogP contribution in [0.4, 0.5) is 0 Å². The van der Waals surface area contributed by atoms with Gasteiger partial charge < -0.3 is 25.1 Å². The molecule has 2 heterocycles. The van der Waals surface area contributed by atoms with E-state index in [1.54, 1.807) is 7.11 Å². The molecule has 10 heteroatoms. The Morgan fingerprint density at radius 2 is 2.03 bits per heavy atom. The second-order valence-electron chi connectivity index (χ2n) is 11.0. The normalized spacial score (nSPS) is 20.9. The third-order valence-corrected chi connectivity index (χ3v) is 7.12. The molecule has 1 aromatic carbocycles. The predicted octanol–water partition coefficient (Wildman–Crippen LogP) is 3.75. The molecular formula is C28H43N3O7. The molecule has 10 nitrogen and oxygen atoms in total. The first-order valence-corrected chi connectivity index (χ1v) is 13.2. The second kappa shape index (κ2) is 12.8. The number of carbonyl (C=O) groups excluding carboxylic acids is 1. The second-order valence-corrected chi connectivity index (χ2v) is 11.0. The number of likely N-dealkylation sites (tertiary alicyclic amines) is 1. The van der Waals surface area contributed by atoms with Crippen molar-refractivity contribution in [1.82, 2.24) is 9.96 Å². The van der Waals surface area contributed by atoms with E-state index in [1.165, 1.54) is 5.06 Å². The molecule has 212 valence electrons. The SMILES string of the molecule is CCCCN(OCN)C(=O)CN1C[C@H](c2cc(OC)c3c(c2)OCO3)C(C(=O)O)[C@@H]1CC(C)(C)C=C(C)C. The van der Waals surface area contributed by atoms with Crippen LogP contribution in [0.3, 0.4) is 0 Å². The lowest BCUT2D eigenvalue weighted by Gasteiger charge is -2.34. The Bertz CT molecular complexity index is 1020. The van der Waals surface area contributed by atoms with Crippen LogP contribution in [0.1, 0.15) is 65.4 Å². The topological polar surface area (TPSA) is 124 Å². The van der Waals surface area contributed by atoms with Crippen LogP contribution in [-0.2, 0) is 14.4 Å². The largest absolute Gasteiger partial charge is 0.493 e. The summed E-state index contributed by atoms with van der Waals surface area (Å²) in [6.45, 7) is 11.1. The van der Waals surface area contributed by atoms with Crippen LogP contribution in [0.5, 0.6) is 17.2 Å². The van der Waals surface area contributed by atoms with E-state index >= 15 is 0 Å². The number of hydroxylamine groups is 2. The highest BCUT2D eigenvalue weighted by atomic mass is 16.7. The number of nitrogens with two attached hydrogens (primary N) is 1. The molecule has 1 unspecified atom stereocenters. The zero-order chi connectivity index (χ0) is 28.0. The molecule has 38 heavy (non-hydrogen) atoms. The van der Waals surface area contributed by atoms with Crippen LogP contribution in [0.2, 0.25) is 0 Å². The molecule has 1 fully saturated rings. The van der Waals surface area contributed by atoms with Gasteiger partial charge in [-0.25, -0.2) is 5.06 Å². The number of nitrogens with zero attached hydrogens (tertiary/aromatic N) is 2. The fourth-order valence-corrected chi connectivity index (χ4v) is 5.73. The Labute approximate surface area is 225 Å². The van der Waals surface area contributed by atoms with Gasteiger partial charge in [-0.3, -0.25) is 19.3 Å². The number of carbonyl (C=O) groups is 2. The van der Waals surface area contributed by atoms with Gasteiger partial charge in [0, 0.05) is 25.0 Å². The van der Waals surface area contributed by atoms with Crippen molar-refractivity contribution in [1.29, 1.82) is 0 Å². The van der Waals surface area contributed by atoms with E-state index in [4.69, 9.17) is 24.8 Å². The van der Waals surface area contributed by atoms with Crippen molar-refractivity contribution in [3.8, 4) is 17.2 Å². The molecule has 2 aliphatic heterocycles. The van der Waals surface area contributed by atoms with E-state index in [1.807, 2.05) is 37.8 Å². The van der Waals surface area contributed by atoms with Gasteiger partial charge in [-0.1, -0.05) is 38.8 Å². The third kappa shape index (κ3) is 6.98. The lowest BCUT2D eigenvalue weighted by atomic mass is 9.77. The van der Waals surface area contributed by atoms with Gasteiger partial charge in [-0.05, 0) is 49.8 Å². The molecule has 0 bridgehead atoms. The summed E-state index contributed by atoms with van der Waals surface area (Å²) < 4.78 is 16.7. The maximum Gasteiger partial charge on any atom is 0.308 e. The van der Waals surface area contributed by atoms with Gasteiger partial charge in [0.05, 0.1) is 19.6 Å². The number of rotatable bonds is 13. The number of aliphatic carboxylic acids is 1. The van der Waals surface area contributed by atoms with Crippen molar-refractivity contribution in [2.24, 2.45) is 17.1 Å². The van der Waals surface area contributed by atoms with Gasteiger partial charge in [0.15, 0.2) is 11.5 Å². The molecule has 0 radical (unpaired) electrons. The van der Waals surface area contributed by atoms with Gasteiger partial charge in [0.1, 0.15) is 6.73 Å². The summed E-state index contributed by atoms with van der Waals surface area (Å²) >= 11 is 0. The minimum atomic E-state index is -0.902. The molecule has 0 saturated carbocycles. The summed E-state index contributed by atoms with van der Waals surface area (Å²) in [5.74, 6) is -0.742. The highest BCUT2D eigenvalue weighted by molar-refractivity contribution is 5.78. The number of methoxy groups -OCH3 is 1. The Hall–Kier alpha value is -2.82. The average Bonchev–Trinajstić information content (AvgIpc) is 3.44. The average molecular weight is 534 g/mol. The number of benzene rings is 1. The van der Waals surface area contributed by atoms with Gasteiger partial charge in [0.25, 0.3) is 5.91 Å². The first kappa shape index (κ1) is 29.7. The third-order valence-electron chi connectivity index (χ3n) is 7.12. The number of fused-ring (bicyclic) bond motifs is 1. The Balaban J connectivity index is 2.00. The van der Waals surface area contributed by atoms with Gasteiger partial charge >= 0.3 is 5.97 Å². The van der Waals surface area contributed by atoms with E-state index in [2.05, 4.69) is 19.9 Å². The van der Waals surface area contributed by atoms with Crippen LogP contribution in [0.15, 0.2) is 23.8 Å². The molecule has 1 saturated heterocycles. The quantitative estimate of drug-likeness (QED) is 0.222. The minimum absolute atomic E-state index is 0.0290. The van der Waals surface area contributed by atoms with E-state index in [0.717, 1.165) is 24.0 Å². The number of carboxylic acids is 1. The van der Waals surface area contributed by atoms with E-state index in [9.17, 15) is 14.7 Å². The summed E-state index contributed by atoms with van der Waals surface area (Å²) in [4.78, 5) is 33.6. The Morgan fingerprint density at radius 3 is 2.63 bits per heavy atom. The molecule has 3 rings (SSSR count). The van der Waals surface area contributed by atoms with E-state index in [0.29, 0.717) is 36.8 Å². The molecule has 1 aromatic rings. The van der Waals surface area contributed by atoms with Crippen molar-refractivity contribution in [3.63, 3.8) is 0 Å². The fourth-order valence-electron chi connectivity index (χ4n) is 5.73. The van der Waals surface area contributed by atoms with Crippen LogP contribution in [0, 0.1) is 11.3 Å². The number of unbranched alkanes of at least 4 members (excludes halogenated alkanes) is 1. The standard InChI is InChI=1S/C28H43N3O7/c1-7-8-9-31(38-16-29)24(32)15-30-14-20(19-10-22(35-6)26-23(11-19)36-17-37-26)25(27(33)34)21(30)13-28(4,5)12-18(2)3/h10-12,20-21,25H,7-9,13-17,29H2,1-6H3,(H,33,34)/t20-,21+,25?/m1/s1. The maximum atomic E-state index is 13.3. The fraction of sp³-hybridized carbons (Fsp3) is 0.643. The summed E-state index contributed by atoms with van der Waals surface area (Å²) in [5.41, 5.74) is 7.24. The lowest BCUT2D eigenvalue weighted by molar-refractivity contribution is -0.187. The molecule has 2 aliphatic rings. The van der Waals surface area contributed by atoms with Crippen LogP contribution < -0.4 is 19.9 Å². The number of amides is 1. The van der Waals surface area contributed by atoms with Crippen molar-refractivity contribution >= 4 is 11.9 Å². The van der Waals surface area contributed by atoms with Gasteiger partial charge in [-0.15, -0.1) is 0 Å². The van der Waals surface area contributed by atoms with Crippen LogP contribution in [0.25, 0.3) is 0 Å². The van der Waals surface area contributed by atoms with Crippen molar-refractivity contribution in [2.75, 3.05) is 40.3 Å². The summed E-state index contributed by atoms with van der Waals surface area (Å²) in [6, 6.07) is 3.26. The molecule has 3 atom stereocenters. The smallest absolute Gasteiger partial charge is 0.308 e. The minimum Gasteiger partial charge on any atom is -0.493 e. The number of ether oxygens (including phenoxy) is 3. The molecule has 1 amide bonds. The monoisotopic (exact) mass is 533 g/mol. The van der Waals surface area contributed by atoms with Crippen molar-refractivity contribution < 1.29 is 33.7 Å².